The molecule has 0 aliphatic heterocycles. The molecule has 6 heteroatoms. The third kappa shape index (κ3) is 3.29. The highest BCUT2D eigenvalue weighted by molar-refractivity contribution is 9.10. The van der Waals surface area contributed by atoms with Crippen molar-refractivity contribution in [3.63, 3.8) is 0 Å². The summed E-state index contributed by atoms with van der Waals surface area (Å²) in [6, 6.07) is 11.6. The molecule has 0 aliphatic carbocycles. The predicted octanol–water partition coefficient (Wildman–Crippen LogP) is 3.81. The van der Waals surface area contributed by atoms with Crippen LogP contribution in [0.15, 0.2) is 40.9 Å². The number of anilines is 2. The lowest BCUT2D eigenvalue weighted by Gasteiger charge is -2.08. The monoisotopic (exact) mass is 349 g/mol. The summed E-state index contributed by atoms with van der Waals surface area (Å²) in [5, 5.41) is 12.1. The number of nitrogens with one attached hydrogen (secondary N) is 1. The summed E-state index contributed by atoms with van der Waals surface area (Å²) in [7, 11) is 0. The van der Waals surface area contributed by atoms with Crippen molar-refractivity contribution in [3.05, 3.63) is 57.0 Å². The van der Waals surface area contributed by atoms with Crippen LogP contribution in [0.1, 0.15) is 15.9 Å². The van der Waals surface area contributed by atoms with E-state index in [0.29, 0.717) is 27.5 Å². The number of nitriles is 1. The molecule has 100 valence electrons. The SMILES string of the molecule is N#Cc1ccc(Br)cc1NC(=O)c1cc(N)cc(Cl)c1. The van der Waals surface area contributed by atoms with E-state index in [-0.39, 0.29) is 5.91 Å². The Kier molecular flexibility index (Phi) is 4.28. The zero-order valence-corrected chi connectivity index (χ0v) is 12.5. The van der Waals surface area contributed by atoms with E-state index in [4.69, 9.17) is 22.6 Å². The topological polar surface area (TPSA) is 78.9 Å². The molecule has 0 saturated carbocycles. The lowest BCUT2D eigenvalue weighted by atomic mass is 10.1. The maximum absolute atomic E-state index is 12.1. The largest absolute Gasteiger partial charge is 0.399 e. The van der Waals surface area contributed by atoms with E-state index >= 15 is 0 Å². The Balaban J connectivity index is 2.32. The van der Waals surface area contributed by atoms with E-state index < -0.39 is 0 Å². The number of benzene rings is 2. The van der Waals surface area contributed by atoms with Gasteiger partial charge in [0, 0.05) is 20.7 Å². The van der Waals surface area contributed by atoms with Crippen molar-refractivity contribution in [2.45, 2.75) is 0 Å². The molecule has 1 amide bonds. The van der Waals surface area contributed by atoms with Crippen LogP contribution in [0.25, 0.3) is 0 Å². The number of carbonyl (C=O) groups is 1. The molecule has 2 aromatic carbocycles. The summed E-state index contributed by atoms with van der Waals surface area (Å²) in [5.41, 5.74) is 7.17. The van der Waals surface area contributed by atoms with Gasteiger partial charge >= 0.3 is 0 Å². The van der Waals surface area contributed by atoms with E-state index in [9.17, 15) is 4.79 Å². The fraction of sp³-hybridized carbons (Fsp3) is 0. The Labute approximate surface area is 129 Å². The number of halogens is 2. The summed E-state index contributed by atoms with van der Waals surface area (Å²) in [6.07, 6.45) is 0. The van der Waals surface area contributed by atoms with Gasteiger partial charge in [-0.1, -0.05) is 27.5 Å². The fourth-order valence-electron chi connectivity index (χ4n) is 1.66. The first kappa shape index (κ1) is 14.4. The van der Waals surface area contributed by atoms with E-state index in [1.54, 1.807) is 24.3 Å². The highest BCUT2D eigenvalue weighted by atomic mass is 79.9. The first-order valence-electron chi connectivity index (χ1n) is 5.56. The Hall–Kier alpha value is -2.03. The van der Waals surface area contributed by atoms with Gasteiger partial charge in [0.2, 0.25) is 0 Å². The molecule has 0 spiro atoms. The first-order valence-corrected chi connectivity index (χ1v) is 6.74. The van der Waals surface area contributed by atoms with E-state index in [2.05, 4.69) is 21.2 Å². The molecule has 20 heavy (non-hydrogen) atoms. The second kappa shape index (κ2) is 5.95. The quantitative estimate of drug-likeness (QED) is 0.808. The summed E-state index contributed by atoms with van der Waals surface area (Å²) < 4.78 is 0.761. The summed E-state index contributed by atoms with van der Waals surface area (Å²) in [5.74, 6) is -0.381. The van der Waals surface area contributed by atoms with Crippen LogP contribution in [0.3, 0.4) is 0 Å². The molecule has 2 aromatic rings. The van der Waals surface area contributed by atoms with Crippen molar-refractivity contribution >= 4 is 44.8 Å². The number of nitrogens with zero attached hydrogens (tertiary/aromatic N) is 1. The minimum atomic E-state index is -0.381. The van der Waals surface area contributed by atoms with Crippen molar-refractivity contribution < 1.29 is 4.79 Å². The predicted molar refractivity (Wildman–Crippen MR) is 82.7 cm³/mol. The van der Waals surface area contributed by atoms with Crippen molar-refractivity contribution in [2.24, 2.45) is 0 Å². The Morgan fingerprint density at radius 2 is 2.05 bits per heavy atom. The van der Waals surface area contributed by atoms with Crippen LogP contribution in [0, 0.1) is 11.3 Å². The molecule has 0 radical (unpaired) electrons. The smallest absolute Gasteiger partial charge is 0.255 e. The summed E-state index contributed by atoms with van der Waals surface area (Å²) in [6.45, 7) is 0. The summed E-state index contributed by atoms with van der Waals surface area (Å²) in [4.78, 5) is 12.1. The highest BCUT2D eigenvalue weighted by Crippen LogP contribution is 2.23. The average molecular weight is 351 g/mol. The standard InChI is InChI=1S/C14H9BrClN3O/c15-10-2-1-8(7-17)13(5-10)19-14(20)9-3-11(16)6-12(18)4-9/h1-6H,18H2,(H,19,20). The fourth-order valence-corrected chi connectivity index (χ4v) is 2.26. The molecular formula is C14H9BrClN3O. The first-order chi connectivity index (χ1) is 9.49. The molecule has 4 nitrogen and oxygen atoms in total. The van der Waals surface area contributed by atoms with Gasteiger partial charge in [-0.05, 0) is 36.4 Å². The van der Waals surface area contributed by atoms with Gasteiger partial charge in [0.05, 0.1) is 11.3 Å². The maximum Gasteiger partial charge on any atom is 0.255 e. The van der Waals surface area contributed by atoms with Crippen LogP contribution < -0.4 is 11.1 Å². The van der Waals surface area contributed by atoms with E-state index in [0.717, 1.165) is 4.47 Å². The van der Waals surface area contributed by atoms with Gasteiger partial charge in [0.25, 0.3) is 5.91 Å². The molecule has 0 bridgehead atoms. The second-order valence-electron chi connectivity index (χ2n) is 4.03. The second-order valence-corrected chi connectivity index (χ2v) is 5.38. The number of rotatable bonds is 2. The van der Waals surface area contributed by atoms with E-state index in [1.807, 2.05) is 6.07 Å². The lowest BCUT2D eigenvalue weighted by Crippen LogP contribution is -2.13. The number of amides is 1. The molecule has 0 aliphatic rings. The third-order valence-corrected chi connectivity index (χ3v) is 3.24. The van der Waals surface area contributed by atoms with Crippen molar-refractivity contribution in [2.75, 3.05) is 11.1 Å². The lowest BCUT2D eigenvalue weighted by molar-refractivity contribution is 0.102. The molecule has 0 atom stereocenters. The van der Waals surface area contributed by atoms with Crippen LogP contribution in [0.5, 0.6) is 0 Å². The molecule has 3 N–H and O–H groups in total. The zero-order chi connectivity index (χ0) is 14.7. The zero-order valence-electron chi connectivity index (χ0n) is 10.2. The molecule has 2 rings (SSSR count). The Morgan fingerprint density at radius 1 is 1.30 bits per heavy atom. The number of hydrogen-bond donors (Lipinski definition) is 2. The maximum atomic E-state index is 12.1. The van der Waals surface area contributed by atoms with Crippen molar-refractivity contribution in [1.82, 2.24) is 0 Å². The van der Waals surface area contributed by atoms with Gasteiger partial charge in [-0.2, -0.15) is 5.26 Å². The number of carbonyl (C=O) groups excluding carboxylic acids is 1. The highest BCUT2D eigenvalue weighted by Gasteiger charge is 2.11. The van der Waals surface area contributed by atoms with Crippen molar-refractivity contribution in [3.8, 4) is 6.07 Å². The average Bonchev–Trinajstić information content (AvgIpc) is 2.37. The number of nitrogens with two attached hydrogens (primary N) is 1. The number of hydrogen-bond acceptors (Lipinski definition) is 3. The molecule has 0 aromatic heterocycles. The van der Waals surface area contributed by atoms with Gasteiger partial charge in [-0.15, -0.1) is 0 Å². The van der Waals surface area contributed by atoms with Gasteiger partial charge in [0.15, 0.2) is 0 Å². The van der Waals surface area contributed by atoms with Crippen LogP contribution in [0.2, 0.25) is 5.02 Å². The molecule has 0 heterocycles. The summed E-state index contributed by atoms with van der Waals surface area (Å²) >= 11 is 9.15. The minimum absolute atomic E-state index is 0.332. The van der Waals surface area contributed by atoms with Crippen LogP contribution in [-0.4, -0.2) is 5.91 Å². The van der Waals surface area contributed by atoms with Gasteiger partial charge in [-0.3, -0.25) is 4.79 Å². The molecule has 0 saturated heterocycles. The van der Waals surface area contributed by atoms with Gasteiger partial charge < -0.3 is 11.1 Å². The molecule has 0 fully saturated rings. The van der Waals surface area contributed by atoms with E-state index in [1.165, 1.54) is 12.1 Å². The Morgan fingerprint density at radius 3 is 2.70 bits per heavy atom. The normalized spacial score (nSPS) is 9.85. The van der Waals surface area contributed by atoms with Gasteiger partial charge in [-0.25, -0.2) is 0 Å². The third-order valence-electron chi connectivity index (χ3n) is 2.53. The Bertz CT molecular complexity index is 705. The molecule has 0 unspecified atom stereocenters. The molecular weight excluding hydrogens is 342 g/mol. The van der Waals surface area contributed by atoms with Crippen LogP contribution in [0.4, 0.5) is 11.4 Å². The van der Waals surface area contributed by atoms with Crippen LogP contribution in [-0.2, 0) is 0 Å². The van der Waals surface area contributed by atoms with Crippen molar-refractivity contribution in [1.29, 1.82) is 5.26 Å². The number of nitrogen functional groups attached to an aromatic ring is 1. The van der Waals surface area contributed by atoms with Crippen LogP contribution >= 0.6 is 27.5 Å². The van der Waals surface area contributed by atoms with Gasteiger partial charge in [0.1, 0.15) is 6.07 Å². The minimum Gasteiger partial charge on any atom is -0.399 e.